The van der Waals surface area contributed by atoms with Gasteiger partial charge in [0.05, 0.1) is 19.2 Å². The van der Waals surface area contributed by atoms with Gasteiger partial charge >= 0.3 is 0 Å². The summed E-state index contributed by atoms with van der Waals surface area (Å²) in [5, 5.41) is 5.47. The highest BCUT2D eigenvalue weighted by molar-refractivity contribution is 7.80. The second kappa shape index (κ2) is 9.82. The van der Waals surface area contributed by atoms with E-state index in [1.807, 2.05) is 24.3 Å². The van der Waals surface area contributed by atoms with Crippen molar-refractivity contribution in [2.45, 2.75) is 82.8 Å². The molecular weight excluding hydrogens is 394 g/mol. The van der Waals surface area contributed by atoms with E-state index in [1.54, 1.807) is 7.11 Å². The maximum Gasteiger partial charge on any atom is 0.253 e. The minimum absolute atomic E-state index is 0.0444. The van der Waals surface area contributed by atoms with Crippen LogP contribution in [0.15, 0.2) is 29.1 Å². The summed E-state index contributed by atoms with van der Waals surface area (Å²) in [5.41, 5.74) is 1.53. The molecule has 0 atom stereocenters. The lowest BCUT2D eigenvalue weighted by Gasteiger charge is -2.38. The number of benzene rings is 1. The molecule has 0 bridgehead atoms. The van der Waals surface area contributed by atoms with E-state index in [0.29, 0.717) is 18.6 Å². The molecule has 1 aromatic carbocycles. The zero-order valence-electron chi connectivity index (χ0n) is 17.9. The molecule has 0 amide bonds. The third kappa shape index (κ3) is 4.97. The number of methoxy groups -OCH3 is 1. The third-order valence-corrected chi connectivity index (χ3v) is 7.03. The molecule has 5 nitrogen and oxygen atoms in total. The maximum atomic E-state index is 12.9. The minimum atomic E-state index is -0.0444. The van der Waals surface area contributed by atoms with Crippen molar-refractivity contribution in [3.63, 3.8) is 0 Å². The van der Waals surface area contributed by atoms with Crippen LogP contribution in [-0.4, -0.2) is 34.2 Å². The number of hydrogen-bond donors (Lipinski definition) is 2. The molecule has 162 valence electrons. The van der Waals surface area contributed by atoms with Gasteiger partial charge in [0.1, 0.15) is 5.75 Å². The van der Waals surface area contributed by atoms with Crippen LogP contribution in [0, 0.1) is 0 Å². The van der Waals surface area contributed by atoms with Crippen molar-refractivity contribution in [3.8, 4) is 5.75 Å². The highest BCUT2D eigenvalue weighted by atomic mass is 32.1. The van der Waals surface area contributed by atoms with Crippen LogP contribution in [0.25, 0.3) is 10.9 Å². The number of hydrogen-bond acceptors (Lipinski definition) is 3. The number of ether oxygens (including phenoxy) is 1. The van der Waals surface area contributed by atoms with Crippen LogP contribution in [0.5, 0.6) is 5.75 Å². The third-order valence-electron chi connectivity index (χ3n) is 6.68. The largest absolute Gasteiger partial charge is 0.497 e. The lowest BCUT2D eigenvalue weighted by atomic mass is 9.93. The van der Waals surface area contributed by atoms with Crippen LogP contribution in [-0.2, 0) is 6.54 Å². The van der Waals surface area contributed by atoms with Crippen molar-refractivity contribution in [1.82, 2.24) is 15.2 Å². The van der Waals surface area contributed by atoms with Crippen LogP contribution in [0.1, 0.15) is 69.8 Å². The summed E-state index contributed by atoms with van der Waals surface area (Å²) in [6, 6.07) is 8.69. The van der Waals surface area contributed by atoms with E-state index in [4.69, 9.17) is 17.0 Å². The first kappa shape index (κ1) is 21.2. The molecule has 2 saturated carbocycles. The molecule has 0 unspecified atom stereocenters. The van der Waals surface area contributed by atoms with E-state index in [-0.39, 0.29) is 5.56 Å². The number of fused-ring (bicyclic) bond motifs is 1. The van der Waals surface area contributed by atoms with Crippen LogP contribution in [0.4, 0.5) is 0 Å². The van der Waals surface area contributed by atoms with Gasteiger partial charge in [-0.15, -0.1) is 0 Å². The standard InChI is InChI=1S/C24H33N3O2S/c1-29-21-13-12-17-14-18(23(28)26-22(17)15-21)16-27(20-10-6-3-7-11-20)24(30)25-19-8-4-2-5-9-19/h12-15,19-20H,2-11,16H2,1H3,(H,25,30)(H,26,28). The smallest absolute Gasteiger partial charge is 0.253 e. The van der Waals surface area contributed by atoms with Gasteiger partial charge in [-0.3, -0.25) is 4.79 Å². The van der Waals surface area contributed by atoms with Gasteiger partial charge in [-0.25, -0.2) is 0 Å². The van der Waals surface area contributed by atoms with Gasteiger partial charge in [0.25, 0.3) is 5.56 Å². The van der Waals surface area contributed by atoms with Gasteiger partial charge in [-0.2, -0.15) is 0 Å². The molecule has 2 aliphatic carbocycles. The number of aromatic nitrogens is 1. The molecule has 2 aromatic rings. The predicted molar refractivity (Wildman–Crippen MR) is 126 cm³/mol. The number of nitrogens with zero attached hydrogens (tertiary/aromatic N) is 1. The highest BCUT2D eigenvalue weighted by Crippen LogP contribution is 2.26. The first-order valence-electron chi connectivity index (χ1n) is 11.4. The normalized spacial score (nSPS) is 18.3. The highest BCUT2D eigenvalue weighted by Gasteiger charge is 2.26. The monoisotopic (exact) mass is 427 g/mol. The van der Waals surface area contributed by atoms with Gasteiger partial charge in [-0.1, -0.05) is 38.5 Å². The molecular formula is C24H33N3O2S. The molecule has 2 N–H and O–H groups in total. The van der Waals surface area contributed by atoms with Crippen LogP contribution >= 0.6 is 12.2 Å². The fourth-order valence-electron chi connectivity index (χ4n) is 4.92. The van der Waals surface area contributed by atoms with E-state index in [9.17, 15) is 4.79 Å². The fourth-order valence-corrected chi connectivity index (χ4v) is 5.30. The van der Waals surface area contributed by atoms with Crippen molar-refractivity contribution in [1.29, 1.82) is 0 Å². The maximum absolute atomic E-state index is 12.9. The SMILES string of the molecule is COc1ccc2cc(CN(C(=S)NC3CCCCC3)C3CCCCC3)c(=O)[nH]c2c1. The minimum Gasteiger partial charge on any atom is -0.497 e. The van der Waals surface area contributed by atoms with Gasteiger partial charge in [-0.05, 0) is 61.5 Å². The van der Waals surface area contributed by atoms with E-state index >= 15 is 0 Å². The summed E-state index contributed by atoms with van der Waals surface area (Å²) in [6.07, 6.45) is 12.3. The zero-order chi connectivity index (χ0) is 20.9. The first-order valence-corrected chi connectivity index (χ1v) is 11.8. The lowest BCUT2D eigenvalue weighted by Crippen LogP contribution is -2.50. The van der Waals surface area contributed by atoms with Gasteiger partial charge in [0, 0.05) is 23.7 Å². The Balaban J connectivity index is 1.58. The molecule has 2 aliphatic rings. The molecule has 6 heteroatoms. The molecule has 30 heavy (non-hydrogen) atoms. The van der Waals surface area contributed by atoms with Crippen LogP contribution in [0.3, 0.4) is 0 Å². The Morgan fingerprint density at radius 1 is 1.10 bits per heavy atom. The van der Waals surface area contributed by atoms with Crippen molar-refractivity contribution >= 4 is 28.2 Å². The van der Waals surface area contributed by atoms with Gasteiger partial charge < -0.3 is 19.9 Å². The first-order chi connectivity index (χ1) is 14.6. The Bertz CT molecular complexity index is 930. The second-order valence-electron chi connectivity index (χ2n) is 8.78. The van der Waals surface area contributed by atoms with Crippen molar-refractivity contribution in [3.05, 3.63) is 40.2 Å². The van der Waals surface area contributed by atoms with Gasteiger partial charge in [0.2, 0.25) is 0 Å². The van der Waals surface area contributed by atoms with E-state index in [2.05, 4.69) is 15.2 Å². The van der Waals surface area contributed by atoms with Crippen LogP contribution in [0.2, 0.25) is 0 Å². The average Bonchev–Trinajstić information content (AvgIpc) is 2.78. The number of rotatable bonds is 5. The number of pyridine rings is 1. The van der Waals surface area contributed by atoms with Crippen molar-refractivity contribution < 1.29 is 4.74 Å². The molecule has 1 heterocycles. The van der Waals surface area contributed by atoms with Crippen molar-refractivity contribution in [2.24, 2.45) is 0 Å². The Morgan fingerprint density at radius 2 is 1.80 bits per heavy atom. The Labute approximate surface area is 184 Å². The number of aromatic amines is 1. The molecule has 4 rings (SSSR count). The molecule has 0 radical (unpaired) electrons. The van der Waals surface area contributed by atoms with E-state index < -0.39 is 0 Å². The molecule has 0 aliphatic heterocycles. The topological polar surface area (TPSA) is 57.4 Å². The molecule has 0 saturated heterocycles. The van der Waals surface area contributed by atoms with Crippen molar-refractivity contribution in [2.75, 3.05) is 7.11 Å². The molecule has 0 spiro atoms. The zero-order valence-corrected chi connectivity index (χ0v) is 18.7. The summed E-state index contributed by atoms with van der Waals surface area (Å²) in [6.45, 7) is 0.556. The average molecular weight is 428 g/mol. The van der Waals surface area contributed by atoms with Crippen LogP contribution < -0.4 is 15.6 Å². The van der Waals surface area contributed by atoms with E-state index in [0.717, 1.165) is 40.2 Å². The Hall–Kier alpha value is -2.08. The summed E-state index contributed by atoms with van der Waals surface area (Å²) in [7, 11) is 1.63. The number of nitrogens with one attached hydrogen (secondary N) is 2. The summed E-state index contributed by atoms with van der Waals surface area (Å²) >= 11 is 5.89. The summed E-state index contributed by atoms with van der Waals surface area (Å²) in [4.78, 5) is 18.2. The van der Waals surface area contributed by atoms with E-state index in [1.165, 1.54) is 51.4 Å². The fraction of sp³-hybridized carbons (Fsp3) is 0.583. The van der Waals surface area contributed by atoms with Gasteiger partial charge in [0.15, 0.2) is 5.11 Å². The quantitative estimate of drug-likeness (QED) is 0.666. The second-order valence-corrected chi connectivity index (χ2v) is 9.17. The predicted octanol–water partition coefficient (Wildman–Crippen LogP) is 4.88. The lowest BCUT2D eigenvalue weighted by molar-refractivity contribution is 0.230. The Kier molecular flexibility index (Phi) is 6.93. The summed E-state index contributed by atoms with van der Waals surface area (Å²) in [5.74, 6) is 0.743. The summed E-state index contributed by atoms with van der Waals surface area (Å²) < 4.78 is 5.28. The Morgan fingerprint density at radius 3 is 2.50 bits per heavy atom. The number of thiocarbonyl (C=S) groups is 1. The molecule has 2 fully saturated rings. The number of H-pyrrole nitrogens is 1. The molecule has 1 aromatic heterocycles.